The smallest absolute Gasteiger partial charge is 0.135 e. The van der Waals surface area contributed by atoms with Crippen molar-refractivity contribution in [1.82, 2.24) is 0 Å². The molecular formula is C17H25NSi. The summed E-state index contributed by atoms with van der Waals surface area (Å²) in [4.78, 5) is 0. The maximum absolute atomic E-state index is 2.66. The second-order valence-corrected chi connectivity index (χ2v) is 9.30. The van der Waals surface area contributed by atoms with Crippen LogP contribution in [-0.2, 0) is 0 Å². The first-order valence-corrected chi connectivity index (χ1v) is 9.92. The first-order valence-electron chi connectivity index (χ1n) is 7.10. The quantitative estimate of drug-likeness (QED) is 0.737. The van der Waals surface area contributed by atoms with E-state index in [-0.39, 0.29) is 11.0 Å². The number of hydrogen-bond donors (Lipinski definition) is 0. The highest BCUT2D eigenvalue weighted by atomic mass is 28.3. The fraction of sp³-hybridized carbons (Fsp3) is 0.412. The molecule has 0 N–H and O–H groups in total. The van der Waals surface area contributed by atoms with Crippen molar-refractivity contribution in [1.29, 1.82) is 0 Å². The maximum atomic E-state index is 2.66. The monoisotopic (exact) mass is 271 g/mol. The van der Waals surface area contributed by atoms with E-state index >= 15 is 0 Å². The molecule has 1 aromatic rings. The third-order valence-electron chi connectivity index (χ3n) is 3.96. The lowest BCUT2D eigenvalue weighted by Crippen LogP contribution is -2.58. The Morgan fingerprint density at radius 3 is 1.89 bits per heavy atom. The molecule has 1 aromatic carbocycles. The average molecular weight is 271 g/mol. The molecule has 0 aromatic heterocycles. The first kappa shape index (κ1) is 14.1. The van der Waals surface area contributed by atoms with Crippen molar-refractivity contribution in [2.24, 2.45) is 5.41 Å². The van der Waals surface area contributed by atoms with E-state index < -0.39 is 8.96 Å². The first-order chi connectivity index (χ1) is 8.88. The second-order valence-electron chi connectivity index (χ2n) is 6.59. The average Bonchev–Trinajstić information content (AvgIpc) is 2.80. The molecule has 102 valence electrons. The molecule has 2 heteroatoms. The van der Waals surface area contributed by atoms with Crippen LogP contribution in [0.25, 0.3) is 0 Å². The van der Waals surface area contributed by atoms with Crippen LogP contribution in [0.1, 0.15) is 20.8 Å². The summed E-state index contributed by atoms with van der Waals surface area (Å²) < 4.78 is 2.66. The number of nitrogens with zero attached hydrogens (tertiary/aromatic N) is 1. The molecule has 1 aliphatic carbocycles. The van der Waals surface area contributed by atoms with E-state index in [0.717, 1.165) is 0 Å². The number of rotatable bonds is 3. The number of para-hydroxylation sites is 1. The molecule has 0 atom stereocenters. The van der Waals surface area contributed by atoms with Gasteiger partial charge in [-0.05, 0) is 17.5 Å². The largest absolute Gasteiger partial charge is 0.389 e. The Hall–Kier alpha value is -1.28. The van der Waals surface area contributed by atoms with Crippen molar-refractivity contribution in [3.05, 3.63) is 54.6 Å². The fourth-order valence-corrected chi connectivity index (χ4v) is 5.19. The van der Waals surface area contributed by atoms with Crippen LogP contribution >= 0.6 is 0 Å². The molecule has 0 fully saturated rings. The van der Waals surface area contributed by atoms with Crippen LogP contribution in [0.3, 0.4) is 0 Å². The fourth-order valence-electron chi connectivity index (χ4n) is 3.01. The summed E-state index contributed by atoms with van der Waals surface area (Å²) in [5, 5.41) is 0. The van der Waals surface area contributed by atoms with Crippen molar-refractivity contribution in [3.8, 4) is 0 Å². The van der Waals surface area contributed by atoms with Gasteiger partial charge in [-0.15, -0.1) is 0 Å². The Balaban J connectivity index is 2.55. The van der Waals surface area contributed by atoms with E-state index in [4.69, 9.17) is 0 Å². The predicted molar refractivity (Wildman–Crippen MR) is 88.3 cm³/mol. The molecule has 19 heavy (non-hydrogen) atoms. The van der Waals surface area contributed by atoms with Gasteiger partial charge in [-0.2, -0.15) is 0 Å². The number of benzene rings is 1. The molecule has 0 spiro atoms. The third-order valence-corrected chi connectivity index (χ3v) is 5.72. The van der Waals surface area contributed by atoms with E-state index in [2.05, 4.69) is 93.1 Å². The summed E-state index contributed by atoms with van der Waals surface area (Å²) in [5.74, 6) is 0. The van der Waals surface area contributed by atoms with Gasteiger partial charge in [-0.3, -0.25) is 0 Å². The highest BCUT2D eigenvalue weighted by Gasteiger charge is 2.44. The number of hydrogen-bond acceptors (Lipinski definition) is 1. The van der Waals surface area contributed by atoms with Crippen molar-refractivity contribution in [3.63, 3.8) is 0 Å². The molecule has 1 aliphatic rings. The summed E-state index contributed by atoms with van der Waals surface area (Å²) in [6, 6.07) is 10.8. The Kier molecular flexibility index (Phi) is 3.72. The number of allylic oxidation sites excluding steroid dienone is 2. The zero-order chi connectivity index (χ0) is 14.1. The van der Waals surface area contributed by atoms with E-state index in [1.54, 1.807) is 0 Å². The van der Waals surface area contributed by atoms with Gasteiger partial charge in [0.15, 0.2) is 0 Å². The van der Waals surface area contributed by atoms with Crippen LogP contribution in [0.4, 0.5) is 5.69 Å². The van der Waals surface area contributed by atoms with Crippen molar-refractivity contribution in [2.75, 3.05) is 4.57 Å². The van der Waals surface area contributed by atoms with Gasteiger partial charge in [0.05, 0.1) is 5.54 Å². The summed E-state index contributed by atoms with van der Waals surface area (Å²) >= 11 is 0. The summed E-state index contributed by atoms with van der Waals surface area (Å²) in [6.45, 7) is 11.8. The van der Waals surface area contributed by atoms with Crippen LogP contribution in [0.2, 0.25) is 13.1 Å². The zero-order valence-corrected chi connectivity index (χ0v) is 13.9. The summed E-state index contributed by atoms with van der Waals surface area (Å²) in [7, 11) is -1.00. The Morgan fingerprint density at radius 2 is 1.47 bits per heavy atom. The third kappa shape index (κ3) is 2.42. The molecule has 2 rings (SSSR count). The Bertz CT molecular complexity index is 468. The molecule has 0 saturated heterocycles. The van der Waals surface area contributed by atoms with Crippen molar-refractivity contribution < 1.29 is 0 Å². The lowest BCUT2D eigenvalue weighted by atomic mass is 9.74. The van der Waals surface area contributed by atoms with E-state index in [1.807, 2.05) is 0 Å². The second kappa shape index (κ2) is 5.01. The minimum Gasteiger partial charge on any atom is -0.389 e. The lowest BCUT2D eigenvalue weighted by Gasteiger charge is -2.51. The molecular weight excluding hydrogens is 246 g/mol. The van der Waals surface area contributed by atoms with Crippen LogP contribution in [0, 0.1) is 5.41 Å². The van der Waals surface area contributed by atoms with Gasteiger partial charge in [-0.25, -0.2) is 0 Å². The Labute approximate surface area is 119 Å². The highest BCUT2D eigenvalue weighted by Crippen LogP contribution is 2.43. The van der Waals surface area contributed by atoms with Gasteiger partial charge in [0.25, 0.3) is 0 Å². The van der Waals surface area contributed by atoms with Gasteiger partial charge in [-0.1, -0.05) is 76.4 Å². The topological polar surface area (TPSA) is 3.24 Å². The molecule has 0 radical (unpaired) electrons. The molecule has 0 aliphatic heterocycles. The van der Waals surface area contributed by atoms with Crippen molar-refractivity contribution >= 4 is 14.6 Å². The van der Waals surface area contributed by atoms with Crippen molar-refractivity contribution in [2.45, 2.75) is 39.4 Å². The summed E-state index contributed by atoms with van der Waals surface area (Å²) in [6.07, 6.45) is 9.12. The lowest BCUT2D eigenvalue weighted by molar-refractivity contribution is 0.298. The van der Waals surface area contributed by atoms with Crippen LogP contribution in [0.15, 0.2) is 54.6 Å². The summed E-state index contributed by atoms with van der Waals surface area (Å²) in [5.41, 5.74) is 1.52. The molecule has 0 unspecified atom stereocenters. The molecule has 0 amide bonds. The SMILES string of the molecule is C[SiH](C)N(c1ccccc1)C1(C(C)(C)C)C=CC=C1. The van der Waals surface area contributed by atoms with Gasteiger partial charge < -0.3 is 4.57 Å². The molecule has 0 heterocycles. The van der Waals surface area contributed by atoms with E-state index in [1.165, 1.54) is 5.69 Å². The Morgan fingerprint density at radius 1 is 0.947 bits per heavy atom. The zero-order valence-electron chi connectivity index (χ0n) is 12.7. The van der Waals surface area contributed by atoms with Gasteiger partial charge >= 0.3 is 0 Å². The van der Waals surface area contributed by atoms with Crippen LogP contribution in [-0.4, -0.2) is 14.5 Å². The van der Waals surface area contributed by atoms with Crippen LogP contribution < -0.4 is 4.57 Å². The minimum atomic E-state index is -1.00. The maximum Gasteiger partial charge on any atom is 0.135 e. The standard InChI is InChI=1S/C17H25NSi/c1-16(2,3)17(13-9-10-14-17)18(19(4)5)15-11-7-6-8-12-15/h6-14,19H,1-5H3. The molecule has 0 bridgehead atoms. The normalized spacial score (nSPS) is 17.2. The van der Waals surface area contributed by atoms with Crippen LogP contribution in [0.5, 0.6) is 0 Å². The van der Waals surface area contributed by atoms with E-state index in [9.17, 15) is 0 Å². The highest BCUT2D eigenvalue weighted by molar-refractivity contribution is 6.61. The van der Waals surface area contributed by atoms with Gasteiger partial charge in [0, 0.05) is 5.69 Å². The van der Waals surface area contributed by atoms with Gasteiger partial charge in [0.1, 0.15) is 8.96 Å². The predicted octanol–water partition coefficient (Wildman–Crippen LogP) is 4.39. The minimum absolute atomic E-state index is 0.00867. The van der Waals surface area contributed by atoms with E-state index in [0.29, 0.717) is 0 Å². The number of anilines is 1. The molecule has 0 saturated carbocycles. The molecule has 1 nitrogen and oxygen atoms in total. The van der Waals surface area contributed by atoms with Gasteiger partial charge in [0.2, 0.25) is 0 Å².